The van der Waals surface area contributed by atoms with Crippen LogP contribution in [0.25, 0.3) is 0 Å². The molecule has 2 aliphatic rings. The van der Waals surface area contributed by atoms with E-state index in [-0.39, 0.29) is 34.3 Å². The lowest BCUT2D eigenvalue weighted by atomic mass is 10.2. The molecule has 0 bridgehead atoms. The van der Waals surface area contributed by atoms with Gasteiger partial charge in [0.25, 0.3) is 5.91 Å². The number of halogens is 1. The van der Waals surface area contributed by atoms with Gasteiger partial charge in [0.2, 0.25) is 10.0 Å². The Morgan fingerprint density at radius 3 is 2.48 bits per heavy atom. The van der Waals surface area contributed by atoms with Crippen molar-refractivity contribution in [1.82, 2.24) is 4.31 Å². The Morgan fingerprint density at radius 2 is 1.73 bits per heavy atom. The maximum atomic E-state index is 12.9. The van der Waals surface area contributed by atoms with Crippen LogP contribution in [0.3, 0.4) is 0 Å². The third kappa shape index (κ3) is 5.38. The van der Waals surface area contributed by atoms with Crippen LogP contribution in [0.5, 0.6) is 11.5 Å². The fourth-order valence-electron chi connectivity index (χ4n) is 3.29. The zero-order chi connectivity index (χ0) is 23.4. The zero-order valence-corrected chi connectivity index (χ0v) is 19.0. The summed E-state index contributed by atoms with van der Waals surface area (Å²) in [5, 5.41) is 2.55. The Hall–Kier alpha value is -2.86. The van der Waals surface area contributed by atoms with Crippen LogP contribution < -0.4 is 14.8 Å². The molecule has 0 unspecified atom stereocenters. The molecule has 0 aliphatic carbocycles. The SMILES string of the molecule is O=C(COC(=O)c1ccc2c(c1)OCCO2)Nc1ccc(Cl)c(S(=O)(=O)N2CCOCC2)c1. The van der Waals surface area contributed by atoms with Crippen molar-refractivity contribution < 1.29 is 37.0 Å². The first-order valence-corrected chi connectivity index (χ1v) is 11.9. The van der Waals surface area contributed by atoms with Crippen LogP contribution >= 0.6 is 11.6 Å². The minimum absolute atomic E-state index is 0.0320. The molecule has 1 N–H and O–H groups in total. The second-order valence-electron chi connectivity index (χ2n) is 7.14. The highest BCUT2D eigenvalue weighted by Crippen LogP contribution is 2.31. The summed E-state index contributed by atoms with van der Waals surface area (Å²) in [5.41, 5.74) is 0.407. The lowest BCUT2D eigenvalue weighted by Crippen LogP contribution is -2.40. The van der Waals surface area contributed by atoms with Crippen LogP contribution in [0.15, 0.2) is 41.3 Å². The van der Waals surface area contributed by atoms with Crippen molar-refractivity contribution in [3.8, 4) is 11.5 Å². The van der Waals surface area contributed by atoms with Gasteiger partial charge in [0, 0.05) is 18.8 Å². The quantitative estimate of drug-likeness (QED) is 0.602. The van der Waals surface area contributed by atoms with E-state index in [1.807, 2.05) is 0 Å². The number of anilines is 1. The van der Waals surface area contributed by atoms with E-state index in [9.17, 15) is 18.0 Å². The Balaban J connectivity index is 1.38. The van der Waals surface area contributed by atoms with E-state index >= 15 is 0 Å². The number of esters is 1. The lowest BCUT2D eigenvalue weighted by Gasteiger charge is -2.26. The van der Waals surface area contributed by atoms with Gasteiger partial charge in [-0.05, 0) is 36.4 Å². The third-order valence-corrected chi connectivity index (χ3v) is 7.30. The average molecular weight is 497 g/mol. The number of amides is 1. The maximum absolute atomic E-state index is 12.9. The Kier molecular flexibility index (Phi) is 7.03. The molecule has 1 saturated heterocycles. The molecule has 2 heterocycles. The second kappa shape index (κ2) is 9.96. The number of fused-ring (bicyclic) bond motifs is 1. The van der Waals surface area contributed by atoms with Gasteiger partial charge in [0.05, 0.1) is 23.8 Å². The molecule has 0 atom stereocenters. The van der Waals surface area contributed by atoms with Gasteiger partial charge in [-0.1, -0.05) is 11.6 Å². The summed E-state index contributed by atoms with van der Waals surface area (Å²) in [6.45, 7) is 1.25. The first kappa shape index (κ1) is 23.3. The molecule has 176 valence electrons. The Bertz CT molecular complexity index is 1160. The van der Waals surface area contributed by atoms with Crippen LogP contribution in [0.4, 0.5) is 5.69 Å². The third-order valence-electron chi connectivity index (χ3n) is 4.92. The molecule has 1 fully saturated rings. The smallest absolute Gasteiger partial charge is 0.338 e. The predicted molar refractivity (Wildman–Crippen MR) is 117 cm³/mol. The van der Waals surface area contributed by atoms with Gasteiger partial charge in [0.15, 0.2) is 18.1 Å². The summed E-state index contributed by atoms with van der Waals surface area (Å²) in [5.74, 6) is -0.400. The van der Waals surface area contributed by atoms with Gasteiger partial charge in [0.1, 0.15) is 18.1 Å². The number of hydrogen-bond donors (Lipinski definition) is 1. The van der Waals surface area contributed by atoms with Crippen molar-refractivity contribution in [2.45, 2.75) is 4.90 Å². The van der Waals surface area contributed by atoms with E-state index in [1.54, 1.807) is 6.07 Å². The Labute approximate surface area is 195 Å². The molecule has 0 spiro atoms. The van der Waals surface area contributed by atoms with Crippen molar-refractivity contribution in [3.63, 3.8) is 0 Å². The molecule has 10 nitrogen and oxygen atoms in total. The van der Waals surface area contributed by atoms with Crippen molar-refractivity contribution in [2.24, 2.45) is 0 Å². The van der Waals surface area contributed by atoms with Crippen molar-refractivity contribution in [2.75, 3.05) is 51.4 Å². The number of nitrogens with zero attached hydrogens (tertiary/aromatic N) is 1. The molecule has 1 amide bonds. The highest BCUT2D eigenvalue weighted by atomic mass is 35.5. The fourth-order valence-corrected chi connectivity index (χ4v) is 5.20. The average Bonchev–Trinajstić information content (AvgIpc) is 2.84. The van der Waals surface area contributed by atoms with Crippen LogP contribution in [0.1, 0.15) is 10.4 Å². The number of morpholine rings is 1. The number of sulfonamides is 1. The van der Waals surface area contributed by atoms with Gasteiger partial charge in [-0.2, -0.15) is 4.31 Å². The molecular weight excluding hydrogens is 476 g/mol. The van der Waals surface area contributed by atoms with Crippen molar-refractivity contribution >= 4 is 39.2 Å². The predicted octanol–water partition coefficient (Wildman–Crippen LogP) is 1.93. The zero-order valence-electron chi connectivity index (χ0n) is 17.4. The lowest BCUT2D eigenvalue weighted by molar-refractivity contribution is -0.119. The summed E-state index contributed by atoms with van der Waals surface area (Å²) in [6, 6.07) is 8.70. The fraction of sp³-hybridized carbons (Fsp3) is 0.333. The number of benzene rings is 2. The number of ether oxygens (including phenoxy) is 4. The van der Waals surface area contributed by atoms with E-state index in [0.717, 1.165) is 0 Å². The maximum Gasteiger partial charge on any atom is 0.338 e. The molecule has 0 radical (unpaired) electrons. The first-order valence-electron chi connectivity index (χ1n) is 10.1. The van der Waals surface area contributed by atoms with E-state index in [2.05, 4.69) is 5.32 Å². The summed E-state index contributed by atoms with van der Waals surface area (Å²) in [7, 11) is -3.86. The van der Waals surface area contributed by atoms with Gasteiger partial charge < -0.3 is 24.3 Å². The van der Waals surface area contributed by atoms with Gasteiger partial charge >= 0.3 is 5.97 Å². The summed E-state index contributed by atoms with van der Waals surface area (Å²) in [4.78, 5) is 24.4. The van der Waals surface area contributed by atoms with Crippen LogP contribution in [-0.4, -0.2) is 70.7 Å². The molecule has 12 heteroatoms. The van der Waals surface area contributed by atoms with E-state index in [0.29, 0.717) is 37.9 Å². The monoisotopic (exact) mass is 496 g/mol. The Morgan fingerprint density at radius 1 is 1.00 bits per heavy atom. The number of carbonyl (C=O) groups excluding carboxylic acids is 2. The minimum Gasteiger partial charge on any atom is -0.486 e. The molecule has 0 saturated carbocycles. The molecular formula is C21H21ClN2O8S. The van der Waals surface area contributed by atoms with Gasteiger partial charge in [-0.25, -0.2) is 13.2 Å². The largest absolute Gasteiger partial charge is 0.486 e. The molecule has 4 rings (SSSR count). The van der Waals surface area contributed by atoms with Crippen LogP contribution in [0.2, 0.25) is 5.02 Å². The molecule has 2 aromatic carbocycles. The number of carbonyl (C=O) groups is 2. The molecule has 0 aromatic heterocycles. The van der Waals surface area contributed by atoms with Gasteiger partial charge in [-0.15, -0.1) is 0 Å². The van der Waals surface area contributed by atoms with Crippen molar-refractivity contribution in [3.05, 3.63) is 47.0 Å². The van der Waals surface area contributed by atoms with Crippen LogP contribution in [-0.2, 0) is 24.3 Å². The minimum atomic E-state index is -3.86. The van der Waals surface area contributed by atoms with Crippen molar-refractivity contribution in [1.29, 1.82) is 0 Å². The van der Waals surface area contributed by atoms with E-state index in [4.69, 9.17) is 30.5 Å². The summed E-state index contributed by atoms with van der Waals surface area (Å²) in [6.07, 6.45) is 0. The normalized spacial score (nSPS) is 16.2. The first-order chi connectivity index (χ1) is 15.8. The molecule has 2 aliphatic heterocycles. The highest BCUT2D eigenvalue weighted by molar-refractivity contribution is 7.89. The van der Waals surface area contributed by atoms with Gasteiger partial charge in [-0.3, -0.25) is 4.79 Å². The van der Waals surface area contributed by atoms with Crippen LogP contribution in [0, 0.1) is 0 Å². The topological polar surface area (TPSA) is 120 Å². The van der Waals surface area contributed by atoms with E-state index < -0.39 is 28.5 Å². The second-order valence-corrected chi connectivity index (χ2v) is 9.46. The summed E-state index contributed by atoms with van der Waals surface area (Å²) >= 11 is 6.12. The summed E-state index contributed by atoms with van der Waals surface area (Å²) < 4.78 is 48.2. The molecule has 33 heavy (non-hydrogen) atoms. The number of nitrogens with one attached hydrogen (secondary N) is 1. The standard InChI is InChI=1S/C21H21ClN2O8S/c22-16-3-2-15(12-19(16)33(27,28)24-5-7-29-8-6-24)23-20(25)13-32-21(26)14-1-4-17-18(11-14)31-10-9-30-17/h1-4,11-12H,5-10,13H2,(H,23,25). The number of hydrogen-bond acceptors (Lipinski definition) is 8. The molecule has 2 aromatic rings. The van der Waals surface area contributed by atoms with E-state index in [1.165, 1.54) is 34.6 Å². The highest BCUT2D eigenvalue weighted by Gasteiger charge is 2.28. The number of rotatable bonds is 6.